The summed E-state index contributed by atoms with van der Waals surface area (Å²) < 4.78 is 0. The zero-order valence-corrected chi connectivity index (χ0v) is 14.9. The van der Waals surface area contributed by atoms with Crippen LogP contribution < -0.4 is 0 Å². The summed E-state index contributed by atoms with van der Waals surface area (Å²) in [5.74, 6) is 0.821. The largest absolute Gasteiger partial charge is 0.373 e. The minimum absolute atomic E-state index is 0. The standard InChI is InChI=1S/C12H11N2.C6H5.Y/c1-10-8-13-12(14-9-10)7-11-5-3-2-4-6-11;1-2-4-6-5-3-1;/h2-6,8H,7H2,1H3;1-5H;/q2*-1;. The number of aromatic nitrogens is 2. The molecule has 3 rings (SSSR count). The first-order chi connectivity index (χ1) is 9.84. The number of rotatable bonds is 2. The molecule has 3 aromatic rings. The van der Waals surface area contributed by atoms with Crippen molar-refractivity contribution in [1.29, 1.82) is 0 Å². The third kappa shape index (κ3) is 7.26. The van der Waals surface area contributed by atoms with E-state index in [9.17, 15) is 0 Å². The third-order valence-corrected chi connectivity index (χ3v) is 2.58. The zero-order valence-electron chi connectivity index (χ0n) is 12.0. The molecule has 0 N–H and O–H groups in total. The van der Waals surface area contributed by atoms with Crippen LogP contribution in [0, 0.1) is 19.2 Å². The number of aryl methyl sites for hydroxylation is 1. The van der Waals surface area contributed by atoms with Gasteiger partial charge in [-0.3, -0.25) is 0 Å². The first-order valence-corrected chi connectivity index (χ1v) is 6.50. The molecule has 21 heavy (non-hydrogen) atoms. The van der Waals surface area contributed by atoms with Gasteiger partial charge in [0.25, 0.3) is 0 Å². The Bertz CT molecular complexity index is 568. The van der Waals surface area contributed by atoms with Crippen LogP contribution in [0.1, 0.15) is 17.0 Å². The molecule has 1 heterocycles. The Labute approximate surface area is 151 Å². The molecule has 0 saturated heterocycles. The normalized spacial score (nSPS) is 9.00. The van der Waals surface area contributed by atoms with Crippen molar-refractivity contribution < 1.29 is 32.7 Å². The molecule has 0 fully saturated rings. The van der Waals surface area contributed by atoms with Crippen molar-refractivity contribution in [2.45, 2.75) is 13.3 Å². The number of benzene rings is 2. The van der Waals surface area contributed by atoms with Crippen LogP contribution in [0.4, 0.5) is 0 Å². The van der Waals surface area contributed by atoms with Crippen LogP contribution in [0.5, 0.6) is 0 Å². The molecule has 1 radical (unpaired) electrons. The summed E-state index contributed by atoms with van der Waals surface area (Å²) in [5.41, 5.74) is 2.20. The molecule has 0 spiro atoms. The molecule has 2 aromatic carbocycles. The fraction of sp³-hybridized carbons (Fsp3) is 0.111. The topological polar surface area (TPSA) is 25.8 Å². The van der Waals surface area contributed by atoms with Gasteiger partial charge in [0, 0.05) is 38.5 Å². The smallest absolute Gasteiger partial charge is 0.0180 e. The van der Waals surface area contributed by atoms with Gasteiger partial charge in [-0.15, -0.1) is 5.56 Å². The van der Waals surface area contributed by atoms with E-state index in [0.29, 0.717) is 0 Å². The maximum absolute atomic E-state index is 4.23. The molecule has 2 nitrogen and oxygen atoms in total. The van der Waals surface area contributed by atoms with Crippen molar-refractivity contribution in [3.05, 3.63) is 96.1 Å². The second-order valence-electron chi connectivity index (χ2n) is 4.32. The summed E-state index contributed by atoms with van der Waals surface area (Å²) in [5, 5.41) is 0. The number of nitrogens with zero attached hydrogens (tertiary/aromatic N) is 2. The Kier molecular flexibility index (Phi) is 8.72. The molecule has 0 bridgehead atoms. The molecule has 0 aliphatic heterocycles. The third-order valence-electron chi connectivity index (χ3n) is 2.58. The average Bonchev–Trinajstić information content (AvgIpc) is 2.53. The van der Waals surface area contributed by atoms with E-state index in [1.54, 1.807) is 6.20 Å². The van der Waals surface area contributed by atoms with Crippen LogP contribution in [0.3, 0.4) is 0 Å². The van der Waals surface area contributed by atoms with Gasteiger partial charge in [0.05, 0.1) is 0 Å². The first-order valence-electron chi connectivity index (χ1n) is 6.50. The second-order valence-corrected chi connectivity index (χ2v) is 4.32. The van der Waals surface area contributed by atoms with Gasteiger partial charge in [-0.25, -0.2) is 0 Å². The molecule has 103 valence electrons. The fourth-order valence-corrected chi connectivity index (χ4v) is 1.59. The van der Waals surface area contributed by atoms with Gasteiger partial charge in [-0.1, -0.05) is 55.2 Å². The summed E-state index contributed by atoms with van der Waals surface area (Å²) >= 11 is 0. The minimum Gasteiger partial charge on any atom is -0.373 e. The molecule has 1 aromatic heterocycles. The van der Waals surface area contributed by atoms with E-state index in [1.807, 2.05) is 55.5 Å². The number of hydrogen-bond donors (Lipinski definition) is 0. The van der Waals surface area contributed by atoms with Gasteiger partial charge in [0.2, 0.25) is 0 Å². The molecule has 0 atom stereocenters. The minimum atomic E-state index is 0. The van der Waals surface area contributed by atoms with E-state index in [-0.39, 0.29) is 32.7 Å². The molecule has 0 aliphatic carbocycles. The summed E-state index contributed by atoms with van der Waals surface area (Å²) in [6, 6.07) is 22.7. The van der Waals surface area contributed by atoms with Crippen molar-refractivity contribution in [2.24, 2.45) is 0 Å². The molecule has 0 unspecified atom stereocenters. The summed E-state index contributed by atoms with van der Waals surface area (Å²) in [4.78, 5) is 8.37. The van der Waals surface area contributed by atoms with Crippen LogP contribution in [-0.2, 0) is 39.1 Å². The number of hydrogen-bond acceptors (Lipinski definition) is 2. The van der Waals surface area contributed by atoms with E-state index in [0.717, 1.165) is 17.8 Å². The summed E-state index contributed by atoms with van der Waals surface area (Å²) in [6.07, 6.45) is 5.48. The van der Waals surface area contributed by atoms with Gasteiger partial charge in [0.15, 0.2) is 0 Å². The van der Waals surface area contributed by atoms with Crippen molar-refractivity contribution in [3.63, 3.8) is 0 Å². The summed E-state index contributed by atoms with van der Waals surface area (Å²) in [7, 11) is 0. The van der Waals surface area contributed by atoms with Crippen LogP contribution in [0.25, 0.3) is 0 Å². The van der Waals surface area contributed by atoms with Crippen LogP contribution in [-0.4, -0.2) is 9.97 Å². The van der Waals surface area contributed by atoms with Gasteiger partial charge < -0.3 is 9.97 Å². The molecule has 3 heteroatoms. The van der Waals surface area contributed by atoms with Crippen molar-refractivity contribution in [3.8, 4) is 0 Å². The fourth-order valence-electron chi connectivity index (χ4n) is 1.59. The second kappa shape index (κ2) is 10.4. The zero-order chi connectivity index (χ0) is 14.0. The predicted molar refractivity (Wildman–Crippen MR) is 80.1 cm³/mol. The van der Waals surface area contributed by atoms with Gasteiger partial charge in [-0.2, -0.15) is 36.4 Å². The van der Waals surface area contributed by atoms with Gasteiger partial charge in [-0.05, 0) is 6.42 Å². The Hall–Kier alpha value is -1.38. The monoisotopic (exact) mass is 349 g/mol. The quantitative estimate of drug-likeness (QED) is 0.660. The van der Waals surface area contributed by atoms with E-state index >= 15 is 0 Å². The van der Waals surface area contributed by atoms with Crippen LogP contribution in [0.2, 0.25) is 0 Å². The van der Waals surface area contributed by atoms with E-state index in [2.05, 4.69) is 34.4 Å². The molecule has 0 amide bonds. The Morgan fingerprint density at radius 3 is 2.10 bits per heavy atom. The Morgan fingerprint density at radius 1 is 0.952 bits per heavy atom. The van der Waals surface area contributed by atoms with E-state index < -0.39 is 0 Å². The van der Waals surface area contributed by atoms with E-state index in [4.69, 9.17) is 0 Å². The molecular weight excluding hydrogens is 333 g/mol. The molecule has 0 saturated carbocycles. The first kappa shape index (κ1) is 17.7. The maximum Gasteiger partial charge on any atom is 0.0180 e. The van der Waals surface area contributed by atoms with Gasteiger partial charge in [0.1, 0.15) is 0 Å². The van der Waals surface area contributed by atoms with Crippen molar-refractivity contribution >= 4 is 0 Å². The van der Waals surface area contributed by atoms with Crippen molar-refractivity contribution in [1.82, 2.24) is 9.97 Å². The molecular formula is C18H16N2Y-2. The molecule has 0 aliphatic rings. The Balaban J connectivity index is 0.000000267. The SMILES string of the molecule is Cc1[c-]nc(Cc2ccccc2)nc1.[Y].[c-]1ccccc1. The van der Waals surface area contributed by atoms with E-state index in [1.165, 1.54) is 5.56 Å². The van der Waals surface area contributed by atoms with Crippen LogP contribution in [0.15, 0.2) is 66.9 Å². The predicted octanol–water partition coefficient (Wildman–Crippen LogP) is 3.66. The summed E-state index contributed by atoms with van der Waals surface area (Å²) in [6.45, 7) is 1.94. The maximum atomic E-state index is 4.23. The Morgan fingerprint density at radius 2 is 1.62 bits per heavy atom. The van der Waals surface area contributed by atoms with Crippen LogP contribution >= 0.6 is 0 Å². The van der Waals surface area contributed by atoms with Gasteiger partial charge >= 0.3 is 0 Å². The average molecular weight is 349 g/mol. The van der Waals surface area contributed by atoms with Crippen molar-refractivity contribution in [2.75, 3.05) is 0 Å².